The topological polar surface area (TPSA) is 0 Å². The van der Waals surface area contributed by atoms with Crippen LogP contribution in [0.5, 0.6) is 0 Å². The molecular formula is C12H16S2. The number of fused-ring (bicyclic) bond motifs is 1. The first-order valence-corrected chi connectivity index (χ1v) is 6.91. The van der Waals surface area contributed by atoms with E-state index < -0.39 is 0 Å². The fraction of sp³-hybridized carbons (Fsp3) is 0.500. The maximum atomic E-state index is 2.38. The van der Waals surface area contributed by atoms with Crippen molar-refractivity contribution in [3.8, 4) is 0 Å². The molecule has 0 amide bonds. The average Bonchev–Trinajstić information content (AvgIpc) is 2.61. The first-order chi connectivity index (χ1) is 6.79. The van der Waals surface area contributed by atoms with Gasteiger partial charge in [-0.1, -0.05) is 19.8 Å². The van der Waals surface area contributed by atoms with Gasteiger partial charge in [0.2, 0.25) is 0 Å². The van der Waals surface area contributed by atoms with Crippen molar-refractivity contribution in [3.63, 3.8) is 0 Å². The number of unbranched alkanes of at least 4 members (excludes halogenated alkanes) is 2. The first kappa shape index (κ1) is 10.2. The molecule has 0 aliphatic rings. The van der Waals surface area contributed by atoms with Gasteiger partial charge in [0, 0.05) is 19.2 Å². The van der Waals surface area contributed by atoms with Crippen molar-refractivity contribution in [1.82, 2.24) is 0 Å². The summed E-state index contributed by atoms with van der Waals surface area (Å²) in [6.45, 7) is 4.45. The zero-order chi connectivity index (χ0) is 9.97. The van der Waals surface area contributed by atoms with E-state index in [1.165, 1.54) is 40.0 Å². The van der Waals surface area contributed by atoms with Crippen LogP contribution in [-0.2, 0) is 6.42 Å². The lowest BCUT2D eigenvalue weighted by Gasteiger charge is -1.94. The molecule has 0 nitrogen and oxygen atoms in total. The Morgan fingerprint density at radius 2 is 1.86 bits per heavy atom. The largest absolute Gasteiger partial charge is 0.140 e. The van der Waals surface area contributed by atoms with Gasteiger partial charge in [-0.25, -0.2) is 0 Å². The molecule has 14 heavy (non-hydrogen) atoms. The molecule has 0 N–H and O–H groups in total. The zero-order valence-electron chi connectivity index (χ0n) is 8.80. The third-order valence-electron chi connectivity index (χ3n) is 2.41. The van der Waals surface area contributed by atoms with E-state index in [-0.39, 0.29) is 0 Å². The molecule has 0 unspecified atom stereocenters. The van der Waals surface area contributed by atoms with E-state index in [2.05, 4.69) is 26.0 Å². The molecule has 2 rings (SSSR count). The van der Waals surface area contributed by atoms with E-state index in [4.69, 9.17) is 0 Å². The molecule has 0 radical (unpaired) electrons. The predicted octanol–water partition coefficient (Wildman–Crippen LogP) is 5.00. The smallest absolute Gasteiger partial charge is 0.0456 e. The van der Waals surface area contributed by atoms with Crippen molar-refractivity contribution < 1.29 is 0 Å². The van der Waals surface area contributed by atoms with Gasteiger partial charge in [-0.05, 0) is 31.9 Å². The minimum atomic E-state index is 1.28. The van der Waals surface area contributed by atoms with Crippen LogP contribution in [0.15, 0.2) is 12.1 Å². The molecule has 76 valence electrons. The van der Waals surface area contributed by atoms with E-state index in [1.54, 1.807) is 4.88 Å². The van der Waals surface area contributed by atoms with Crippen molar-refractivity contribution in [2.75, 3.05) is 0 Å². The van der Waals surface area contributed by atoms with Gasteiger partial charge in [-0.3, -0.25) is 0 Å². The average molecular weight is 224 g/mol. The Hall–Kier alpha value is -0.340. The van der Waals surface area contributed by atoms with Gasteiger partial charge in [0.15, 0.2) is 0 Å². The van der Waals surface area contributed by atoms with Crippen LogP contribution in [0.4, 0.5) is 0 Å². The Morgan fingerprint density at radius 1 is 1.07 bits per heavy atom. The predicted molar refractivity (Wildman–Crippen MR) is 67.7 cm³/mol. The minimum absolute atomic E-state index is 1.28. The zero-order valence-corrected chi connectivity index (χ0v) is 10.4. The lowest BCUT2D eigenvalue weighted by molar-refractivity contribution is 0.723. The van der Waals surface area contributed by atoms with E-state index in [0.717, 1.165) is 0 Å². The van der Waals surface area contributed by atoms with Gasteiger partial charge in [-0.2, -0.15) is 0 Å². The molecule has 2 heterocycles. The molecule has 0 aliphatic heterocycles. The van der Waals surface area contributed by atoms with Crippen LogP contribution in [0, 0.1) is 6.92 Å². The van der Waals surface area contributed by atoms with E-state index in [1.807, 2.05) is 22.7 Å². The molecule has 0 saturated heterocycles. The summed E-state index contributed by atoms with van der Waals surface area (Å²) in [4.78, 5) is 3.01. The molecule has 2 heteroatoms. The lowest BCUT2D eigenvalue weighted by atomic mass is 10.2. The Balaban J connectivity index is 2.08. The Labute approximate surface area is 93.6 Å². The van der Waals surface area contributed by atoms with Gasteiger partial charge < -0.3 is 0 Å². The van der Waals surface area contributed by atoms with Gasteiger partial charge >= 0.3 is 0 Å². The van der Waals surface area contributed by atoms with Crippen molar-refractivity contribution in [2.45, 2.75) is 39.5 Å². The van der Waals surface area contributed by atoms with Crippen molar-refractivity contribution >= 4 is 32.1 Å². The molecule has 0 bridgehead atoms. The van der Waals surface area contributed by atoms with Crippen LogP contribution in [0.1, 0.15) is 35.9 Å². The number of rotatable bonds is 4. The SMILES string of the molecule is CCCCCc1cc2sc(C)cc2s1. The highest BCUT2D eigenvalue weighted by molar-refractivity contribution is 7.27. The molecular weight excluding hydrogens is 208 g/mol. The number of aryl methyl sites for hydroxylation is 2. The lowest BCUT2D eigenvalue weighted by Crippen LogP contribution is -1.78. The van der Waals surface area contributed by atoms with Crippen molar-refractivity contribution in [1.29, 1.82) is 0 Å². The highest BCUT2D eigenvalue weighted by Gasteiger charge is 2.04. The van der Waals surface area contributed by atoms with Gasteiger partial charge in [0.1, 0.15) is 0 Å². The fourth-order valence-electron chi connectivity index (χ4n) is 1.68. The molecule has 0 fully saturated rings. The summed E-state index contributed by atoms with van der Waals surface area (Å²) in [6.07, 6.45) is 5.31. The van der Waals surface area contributed by atoms with Crippen LogP contribution in [0.3, 0.4) is 0 Å². The highest BCUT2D eigenvalue weighted by Crippen LogP contribution is 2.33. The third kappa shape index (κ3) is 2.18. The van der Waals surface area contributed by atoms with E-state index in [9.17, 15) is 0 Å². The number of hydrogen-bond donors (Lipinski definition) is 0. The second kappa shape index (κ2) is 4.45. The summed E-state index contributed by atoms with van der Waals surface area (Å²) < 4.78 is 2.97. The molecule has 2 aromatic heterocycles. The van der Waals surface area contributed by atoms with Crippen LogP contribution in [-0.4, -0.2) is 0 Å². The summed E-state index contributed by atoms with van der Waals surface area (Å²) >= 11 is 3.90. The van der Waals surface area contributed by atoms with Gasteiger partial charge in [0.05, 0.1) is 0 Å². The Bertz CT molecular complexity index is 377. The minimum Gasteiger partial charge on any atom is -0.140 e. The molecule has 0 saturated carbocycles. The second-order valence-corrected chi connectivity index (χ2v) is 6.21. The van der Waals surface area contributed by atoms with Crippen LogP contribution in [0.25, 0.3) is 9.40 Å². The molecule has 2 aromatic rings. The molecule has 0 aromatic carbocycles. The number of thiophene rings is 2. The van der Waals surface area contributed by atoms with Crippen LogP contribution < -0.4 is 0 Å². The fourth-order valence-corrected chi connectivity index (χ4v) is 4.06. The summed E-state index contributed by atoms with van der Waals surface area (Å²) in [7, 11) is 0. The summed E-state index contributed by atoms with van der Waals surface area (Å²) in [5.74, 6) is 0. The van der Waals surface area contributed by atoms with Crippen LogP contribution in [0.2, 0.25) is 0 Å². The van der Waals surface area contributed by atoms with Crippen molar-refractivity contribution in [2.24, 2.45) is 0 Å². The summed E-state index contributed by atoms with van der Waals surface area (Å²) in [5.41, 5.74) is 0. The standard InChI is InChI=1S/C12H16S2/c1-3-4-5-6-10-8-12-11(14-10)7-9(2)13-12/h7-8H,3-6H2,1-2H3. The van der Waals surface area contributed by atoms with Crippen molar-refractivity contribution in [3.05, 3.63) is 21.9 Å². The van der Waals surface area contributed by atoms with E-state index in [0.29, 0.717) is 0 Å². The highest BCUT2D eigenvalue weighted by atomic mass is 32.1. The second-order valence-electron chi connectivity index (χ2n) is 3.76. The molecule has 0 aliphatic carbocycles. The summed E-state index contributed by atoms with van der Waals surface area (Å²) in [5, 5.41) is 0. The maximum Gasteiger partial charge on any atom is 0.0456 e. The quantitative estimate of drug-likeness (QED) is 0.641. The van der Waals surface area contributed by atoms with Gasteiger partial charge in [0.25, 0.3) is 0 Å². The molecule has 0 spiro atoms. The summed E-state index contributed by atoms with van der Waals surface area (Å²) in [6, 6.07) is 4.70. The Morgan fingerprint density at radius 3 is 2.57 bits per heavy atom. The van der Waals surface area contributed by atoms with Gasteiger partial charge in [-0.15, -0.1) is 22.7 Å². The van der Waals surface area contributed by atoms with Crippen LogP contribution >= 0.6 is 22.7 Å². The molecule has 0 atom stereocenters. The Kier molecular flexibility index (Phi) is 3.24. The number of hydrogen-bond acceptors (Lipinski definition) is 2. The third-order valence-corrected chi connectivity index (χ3v) is 4.68. The van der Waals surface area contributed by atoms with E-state index >= 15 is 0 Å². The maximum absolute atomic E-state index is 2.38. The monoisotopic (exact) mass is 224 g/mol. The first-order valence-electron chi connectivity index (χ1n) is 5.28. The normalized spacial score (nSPS) is 11.3.